The summed E-state index contributed by atoms with van der Waals surface area (Å²) in [5.41, 5.74) is 1.64. The van der Waals surface area contributed by atoms with Gasteiger partial charge >= 0.3 is 0 Å². The molecular formula is C17H21NO. The van der Waals surface area contributed by atoms with Crippen LogP contribution in [0.1, 0.15) is 42.9 Å². The van der Waals surface area contributed by atoms with E-state index in [1.807, 2.05) is 7.05 Å². The molecule has 1 aromatic heterocycles. The van der Waals surface area contributed by atoms with Crippen molar-refractivity contribution in [1.29, 1.82) is 0 Å². The Bertz CT molecular complexity index is 539. The Kier molecular flexibility index (Phi) is 3.19. The maximum Gasteiger partial charge on any atom is 0.122 e. The Balaban J connectivity index is 1.94. The van der Waals surface area contributed by atoms with Crippen LogP contribution < -0.4 is 5.32 Å². The second-order valence-electron chi connectivity index (χ2n) is 5.40. The molecule has 1 heterocycles. The zero-order valence-electron chi connectivity index (χ0n) is 11.6. The first-order valence-electron chi connectivity index (χ1n) is 7.11. The molecule has 19 heavy (non-hydrogen) atoms. The van der Waals surface area contributed by atoms with Crippen LogP contribution in [0.25, 0.3) is 0 Å². The first-order valence-corrected chi connectivity index (χ1v) is 7.11. The minimum Gasteiger partial charge on any atom is -0.464 e. The van der Waals surface area contributed by atoms with Crippen LogP contribution >= 0.6 is 0 Å². The Morgan fingerprint density at radius 3 is 2.42 bits per heavy atom. The molecule has 1 aromatic carbocycles. The zero-order valence-corrected chi connectivity index (χ0v) is 11.6. The van der Waals surface area contributed by atoms with Gasteiger partial charge in [-0.3, -0.25) is 0 Å². The van der Waals surface area contributed by atoms with Crippen LogP contribution in [0.15, 0.2) is 46.9 Å². The summed E-state index contributed by atoms with van der Waals surface area (Å²) in [4.78, 5) is 0. The number of likely N-dealkylation sites (N-methyl/N-ethyl adjacent to an activating group) is 1. The van der Waals surface area contributed by atoms with Gasteiger partial charge in [0.15, 0.2) is 0 Å². The molecule has 2 heteroatoms. The Morgan fingerprint density at radius 2 is 1.89 bits per heavy atom. The van der Waals surface area contributed by atoms with Crippen LogP contribution in [0.3, 0.4) is 0 Å². The first-order chi connectivity index (χ1) is 9.30. The molecule has 0 bridgehead atoms. The van der Waals surface area contributed by atoms with Gasteiger partial charge in [-0.1, -0.05) is 37.3 Å². The van der Waals surface area contributed by atoms with Gasteiger partial charge in [-0.2, -0.15) is 0 Å². The van der Waals surface area contributed by atoms with Gasteiger partial charge < -0.3 is 9.73 Å². The van der Waals surface area contributed by atoms with Gasteiger partial charge in [0.05, 0.1) is 6.04 Å². The smallest absolute Gasteiger partial charge is 0.122 e. The van der Waals surface area contributed by atoms with E-state index in [2.05, 4.69) is 54.7 Å². The van der Waals surface area contributed by atoms with Crippen molar-refractivity contribution in [1.82, 2.24) is 5.32 Å². The maximum atomic E-state index is 5.97. The summed E-state index contributed by atoms with van der Waals surface area (Å²) in [7, 11) is 2.03. The zero-order chi connectivity index (χ0) is 13.3. The van der Waals surface area contributed by atoms with Crippen LogP contribution in [0.5, 0.6) is 0 Å². The third kappa shape index (κ3) is 2.10. The lowest BCUT2D eigenvalue weighted by Gasteiger charge is -2.25. The molecule has 100 valence electrons. The summed E-state index contributed by atoms with van der Waals surface area (Å²) >= 11 is 0. The van der Waals surface area contributed by atoms with Crippen LogP contribution in [0, 0.1) is 0 Å². The maximum absolute atomic E-state index is 5.97. The summed E-state index contributed by atoms with van der Waals surface area (Å²) in [6.07, 6.45) is 3.41. The van der Waals surface area contributed by atoms with Crippen molar-refractivity contribution in [3.63, 3.8) is 0 Å². The standard InChI is InChI=1S/C17H21NO/c1-3-14-9-10-15(19-14)16(18-2)17(11-12-17)13-7-5-4-6-8-13/h4-10,16,18H,3,11-12H2,1-2H3. The largest absolute Gasteiger partial charge is 0.464 e. The van der Waals surface area contributed by atoms with Gasteiger partial charge in [-0.05, 0) is 37.6 Å². The van der Waals surface area contributed by atoms with Crippen molar-refractivity contribution in [2.24, 2.45) is 0 Å². The number of nitrogens with one attached hydrogen (secondary N) is 1. The lowest BCUT2D eigenvalue weighted by atomic mass is 9.86. The van der Waals surface area contributed by atoms with E-state index in [9.17, 15) is 0 Å². The van der Waals surface area contributed by atoms with E-state index in [0.29, 0.717) is 0 Å². The summed E-state index contributed by atoms with van der Waals surface area (Å²) in [6, 6.07) is 15.3. The van der Waals surface area contributed by atoms with E-state index >= 15 is 0 Å². The van der Waals surface area contributed by atoms with Crippen molar-refractivity contribution in [2.45, 2.75) is 37.6 Å². The molecule has 2 aromatic rings. The summed E-state index contributed by atoms with van der Waals surface area (Å²) < 4.78 is 5.97. The summed E-state index contributed by atoms with van der Waals surface area (Å²) in [5.74, 6) is 2.14. The highest BCUT2D eigenvalue weighted by atomic mass is 16.3. The van der Waals surface area contributed by atoms with E-state index in [1.165, 1.54) is 18.4 Å². The summed E-state index contributed by atoms with van der Waals surface area (Å²) in [6.45, 7) is 2.13. The second kappa shape index (κ2) is 4.86. The molecule has 1 aliphatic rings. The quantitative estimate of drug-likeness (QED) is 0.878. The van der Waals surface area contributed by atoms with Crippen LogP contribution in [-0.2, 0) is 11.8 Å². The predicted octanol–water partition coefficient (Wildman–Crippen LogP) is 3.83. The molecule has 0 spiro atoms. The van der Waals surface area contributed by atoms with Gasteiger partial charge in [0.1, 0.15) is 11.5 Å². The van der Waals surface area contributed by atoms with Crippen LogP contribution in [0.4, 0.5) is 0 Å². The SMILES string of the molecule is CCc1ccc(C(NC)C2(c3ccccc3)CC2)o1. The lowest BCUT2D eigenvalue weighted by Crippen LogP contribution is -2.29. The van der Waals surface area contributed by atoms with Crippen molar-refractivity contribution in [3.8, 4) is 0 Å². The van der Waals surface area contributed by atoms with Crippen LogP contribution in [0.2, 0.25) is 0 Å². The van der Waals surface area contributed by atoms with E-state index in [4.69, 9.17) is 4.42 Å². The highest BCUT2D eigenvalue weighted by Crippen LogP contribution is 2.56. The third-order valence-corrected chi connectivity index (χ3v) is 4.29. The van der Waals surface area contributed by atoms with Gasteiger partial charge in [-0.25, -0.2) is 0 Å². The number of furan rings is 1. The van der Waals surface area contributed by atoms with E-state index in [-0.39, 0.29) is 11.5 Å². The Labute approximate surface area is 114 Å². The van der Waals surface area contributed by atoms with Gasteiger partial charge in [0.2, 0.25) is 0 Å². The topological polar surface area (TPSA) is 25.2 Å². The average molecular weight is 255 g/mol. The Morgan fingerprint density at radius 1 is 1.16 bits per heavy atom. The van der Waals surface area contributed by atoms with Gasteiger partial charge in [0, 0.05) is 11.8 Å². The molecule has 1 aliphatic carbocycles. The molecule has 0 amide bonds. The minimum absolute atomic E-state index is 0.221. The molecule has 0 aliphatic heterocycles. The number of aryl methyl sites for hydroxylation is 1. The fourth-order valence-electron chi connectivity index (χ4n) is 3.08. The Hall–Kier alpha value is -1.54. The number of hydrogen-bond donors (Lipinski definition) is 1. The highest BCUT2D eigenvalue weighted by molar-refractivity contribution is 5.36. The van der Waals surface area contributed by atoms with E-state index in [1.54, 1.807) is 0 Å². The monoisotopic (exact) mass is 255 g/mol. The lowest BCUT2D eigenvalue weighted by molar-refractivity contribution is 0.358. The molecule has 1 N–H and O–H groups in total. The van der Waals surface area contributed by atoms with E-state index < -0.39 is 0 Å². The van der Waals surface area contributed by atoms with E-state index in [0.717, 1.165) is 17.9 Å². The average Bonchev–Trinajstić information content (AvgIpc) is 3.12. The van der Waals surface area contributed by atoms with Crippen molar-refractivity contribution >= 4 is 0 Å². The fourth-order valence-corrected chi connectivity index (χ4v) is 3.08. The molecule has 0 radical (unpaired) electrons. The second-order valence-corrected chi connectivity index (χ2v) is 5.40. The van der Waals surface area contributed by atoms with Crippen molar-refractivity contribution in [2.75, 3.05) is 7.05 Å². The molecule has 2 nitrogen and oxygen atoms in total. The third-order valence-electron chi connectivity index (χ3n) is 4.29. The molecule has 0 saturated heterocycles. The first kappa shape index (κ1) is 12.5. The number of benzene rings is 1. The van der Waals surface area contributed by atoms with Gasteiger partial charge in [0.25, 0.3) is 0 Å². The number of rotatable bonds is 5. The summed E-state index contributed by atoms with van der Waals surface area (Å²) in [5, 5.41) is 3.46. The van der Waals surface area contributed by atoms with Crippen molar-refractivity contribution < 1.29 is 4.42 Å². The molecule has 1 unspecified atom stereocenters. The molecular weight excluding hydrogens is 234 g/mol. The normalized spacial score (nSPS) is 18.2. The molecule has 1 saturated carbocycles. The predicted molar refractivity (Wildman–Crippen MR) is 77.2 cm³/mol. The van der Waals surface area contributed by atoms with Crippen molar-refractivity contribution in [3.05, 3.63) is 59.5 Å². The number of hydrogen-bond acceptors (Lipinski definition) is 2. The van der Waals surface area contributed by atoms with Gasteiger partial charge in [-0.15, -0.1) is 0 Å². The molecule has 1 fully saturated rings. The fraction of sp³-hybridized carbons (Fsp3) is 0.412. The van der Waals surface area contributed by atoms with Crippen LogP contribution in [-0.4, -0.2) is 7.05 Å². The molecule has 3 rings (SSSR count). The highest BCUT2D eigenvalue weighted by Gasteiger charge is 2.51. The molecule has 1 atom stereocenters. The minimum atomic E-state index is 0.221.